The zero-order valence-electron chi connectivity index (χ0n) is 12.0. The Bertz CT molecular complexity index is 188. The van der Waals surface area contributed by atoms with E-state index in [1.165, 1.54) is 38.5 Å². The first-order valence-electron chi connectivity index (χ1n) is 7.08. The van der Waals surface area contributed by atoms with Crippen molar-refractivity contribution in [2.24, 2.45) is 17.3 Å². The van der Waals surface area contributed by atoms with Gasteiger partial charge >= 0.3 is 0 Å². The van der Waals surface area contributed by atoms with E-state index in [0.717, 1.165) is 17.9 Å². The minimum atomic E-state index is 0.480. The lowest BCUT2D eigenvalue weighted by atomic mass is 9.82. The zero-order valence-corrected chi connectivity index (χ0v) is 12.0. The predicted molar refractivity (Wildman–Crippen MR) is 72.7 cm³/mol. The molecule has 2 atom stereocenters. The average molecular weight is 225 g/mol. The summed E-state index contributed by atoms with van der Waals surface area (Å²) in [7, 11) is 2.13. The van der Waals surface area contributed by atoms with Crippen LogP contribution in [0.4, 0.5) is 0 Å². The summed E-state index contributed by atoms with van der Waals surface area (Å²) in [6, 6.07) is 0.748. The lowest BCUT2D eigenvalue weighted by molar-refractivity contribution is 0.272. The monoisotopic (exact) mass is 225 g/mol. The van der Waals surface area contributed by atoms with Gasteiger partial charge < -0.3 is 5.32 Å². The molecule has 1 fully saturated rings. The van der Waals surface area contributed by atoms with Crippen molar-refractivity contribution in [2.45, 2.75) is 72.3 Å². The maximum Gasteiger partial charge on any atom is 0.00667 e. The number of nitrogens with one attached hydrogen (secondary N) is 1. The molecule has 0 aliphatic heterocycles. The fourth-order valence-electron chi connectivity index (χ4n) is 2.84. The van der Waals surface area contributed by atoms with Crippen molar-refractivity contribution in [1.82, 2.24) is 5.32 Å². The fraction of sp³-hybridized carbons (Fsp3) is 1.00. The van der Waals surface area contributed by atoms with Crippen LogP contribution in [0.1, 0.15) is 66.2 Å². The normalized spacial score (nSPS) is 20.8. The Hall–Kier alpha value is -0.0400. The molecule has 0 aromatic carbocycles. The van der Waals surface area contributed by atoms with Crippen LogP contribution in [0, 0.1) is 17.3 Å². The van der Waals surface area contributed by atoms with Gasteiger partial charge in [-0.05, 0) is 50.0 Å². The van der Waals surface area contributed by atoms with Gasteiger partial charge in [0.15, 0.2) is 0 Å². The van der Waals surface area contributed by atoms with Crippen LogP contribution in [0.25, 0.3) is 0 Å². The van der Waals surface area contributed by atoms with Crippen LogP contribution in [0.2, 0.25) is 0 Å². The molecule has 1 rings (SSSR count). The number of rotatable bonds is 7. The molecule has 0 spiro atoms. The first kappa shape index (κ1) is 14.0. The van der Waals surface area contributed by atoms with Gasteiger partial charge in [-0.15, -0.1) is 0 Å². The molecule has 1 saturated carbocycles. The van der Waals surface area contributed by atoms with E-state index in [2.05, 4.69) is 40.1 Å². The molecule has 2 unspecified atom stereocenters. The molecule has 0 bridgehead atoms. The third kappa shape index (κ3) is 6.52. The van der Waals surface area contributed by atoms with Crippen molar-refractivity contribution in [3.05, 3.63) is 0 Å². The van der Waals surface area contributed by atoms with Crippen LogP contribution in [0.3, 0.4) is 0 Å². The maximum atomic E-state index is 3.50. The molecule has 1 aliphatic rings. The van der Waals surface area contributed by atoms with Crippen LogP contribution in [0.5, 0.6) is 0 Å². The van der Waals surface area contributed by atoms with E-state index in [9.17, 15) is 0 Å². The summed E-state index contributed by atoms with van der Waals surface area (Å²) in [6.45, 7) is 9.46. The lowest BCUT2D eigenvalue weighted by Crippen LogP contribution is -2.28. The largest absolute Gasteiger partial charge is 0.317 e. The standard InChI is InChI=1S/C15H31N/c1-12(11-15(2,3)4)10-14(16-5)9-8-13-6-7-13/h12-14,16H,6-11H2,1-5H3. The molecule has 16 heavy (non-hydrogen) atoms. The molecule has 0 aromatic rings. The van der Waals surface area contributed by atoms with Crippen molar-refractivity contribution in [3.8, 4) is 0 Å². The second kappa shape index (κ2) is 6.05. The lowest BCUT2D eigenvalue weighted by Gasteiger charge is -2.26. The van der Waals surface area contributed by atoms with Crippen molar-refractivity contribution < 1.29 is 0 Å². The van der Waals surface area contributed by atoms with E-state index >= 15 is 0 Å². The van der Waals surface area contributed by atoms with E-state index in [0.29, 0.717) is 5.41 Å². The third-order valence-electron chi connectivity index (χ3n) is 3.68. The quantitative estimate of drug-likeness (QED) is 0.684. The van der Waals surface area contributed by atoms with Gasteiger partial charge in [-0.2, -0.15) is 0 Å². The summed E-state index contributed by atoms with van der Waals surface area (Å²) in [5.74, 6) is 1.92. The Morgan fingerprint density at radius 3 is 2.31 bits per heavy atom. The number of hydrogen-bond acceptors (Lipinski definition) is 1. The van der Waals surface area contributed by atoms with Gasteiger partial charge in [0.1, 0.15) is 0 Å². The first-order valence-corrected chi connectivity index (χ1v) is 7.08. The van der Waals surface area contributed by atoms with Gasteiger partial charge in [0, 0.05) is 6.04 Å². The molecule has 1 nitrogen and oxygen atoms in total. The van der Waals surface area contributed by atoms with Gasteiger partial charge in [-0.3, -0.25) is 0 Å². The molecule has 0 amide bonds. The van der Waals surface area contributed by atoms with Crippen molar-refractivity contribution in [1.29, 1.82) is 0 Å². The van der Waals surface area contributed by atoms with E-state index in [1.807, 2.05) is 0 Å². The summed E-state index contributed by atoms with van der Waals surface area (Å²) in [5, 5.41) is 3.50. The van der Waals surface area contributed by atoms with Gasteiger partial charge in [-0.25, -0.2) is 0 Å². The molecule has 1 heteroatoms. The molecule has 0 aromatic heterocycles. The van der Waals surface area contributed by atoms with Crippen molar-refractivity contribution in [2.75, 3.05) is 7.05 Å². The topological polar surface area (TPSA) is 12.0 Å². The van der Waals surface area contributed by atoms with Gasteiger partial charge in [0.05, 0.1) is 0 Å². The Morgan fingerprint density at radius 1 is 1.25 bits per heavy atom. The minimum absolute atomic E-state index is 0.480. The summed E-state index contributed by atoms with van der Waals surface area (Å²) in [6.07, 6.45) is 8.51. The molecule has 96 valence electrons. The Labute approximate surface area is 102 Å². The third-order valence-corrected chi connectivity index (χ3v) is 3.68. The molecule has 0 heterocycles. The predicted octanol–water partition coefficient (Wildman–Crippen LogP) is 4.23. The molecule has 0 saturated heterocycles. The smallest absolute Gasteiger partial charge is 0.00667 e. The number of hydrogen-bond donors (Lipinski definition) is 1. The van der Waals surface area contributed by atoms with E-state index in [1.54, 1.807) is 0 Å². The SMILES string of the molecule is CNC(CCC1CC1)CC(C)CC(C)(C)C. The van der Waals surface area contributed by atoms with Crippen LogP contribution in [-0.4, -0.2) is 13.1 Å². The summed E-state index contributed by atoms with van der Waals surface area (Å²) >= 11 is 0. The highest BCUT2D eigenvalue weighted by Crippen LogP contribution is 2.35. The average Bonchev–Trinajstić information content (AvgIpc) is 2.92. The van der Waals surface area contributed by atoms with Crippen LogP contribution < -0.4 is 5.32 Å². The summed E-state index contributed by atoms with van der Waals surface area (Å²) in [5.41, 5.74) is 0.480. The first-order chi connectivity index (χ1) is 7.40. The second-order valence-corrected chi connectivity index (χ2v) is 7.11. The second-order valence-electron chi connectivity index (χ2n) is 7.11. The van der Waals surface area contributed by atoms with Crippen molar-refractivity contribution >= 4 is 0 Å². The van der Waals surface area contributed by atoms with Crippen LogP contribution >= 0.6 is 0 Å². The van der Waals surface area contributed by atoms with Gasteiger partial charge in [0.25, 0.3) is 0 Å². The highest BCUT2D eigenvalue weighted by Gasteiger charge is 2.23. The molecular weight excluding hydrogens is 194 g/mol. The zero-order chi connectivity index (χ0) is 12.2. The van der Waals surface area contributed by atoms with E-state index < -0.39 is 0 Å². The Balaban J connectivity index is 2.19. The maximum absolute atomic E-state index is 3.50. The highest BCUT2D eigenvalue weighted by atomic mass is 14.9. The molecule has 1 aliphatic carbocycles. The highest BCUT2D eigenvalue weighted by molar-refractivity contribution is 4.78. The van der Waals surface area contributed by atoms with Crippen LogP contribution in [0.15, 0.2) is 0 Å². The molecule has 1 N–H and O–H groups in total. The Morgan fingerprint density at radius 2 is 1.88 bits per heavy atom. The molecular formula is C15H31N. The fourth-order valence-corrected chi connectivity index (χ4v) is 2.84. The summed E-state index contributed by atoms with van der Waals surface area (Å²) < 4.78 is 0. The minimum Gasteiger partial charge on any atom is -0.317 e. The van der Waals surface area contributed by atoms with E-state index in [4.69, 9.17) is 0 Å². The van der Waals surface area contributed by atoms with Gasteiger partial charge in [-0.1, -0.05) is 40.5 Å². The van der Waals surface area contributed by atoms with Crippen LogP contribution in [-0.2, 0) is 0 Å². The molecule has 0 radical (unpaired) electrons. The van der Waals surface area contributed by atoms with E-state index in [-0.39, 0.29) is 0 Å². The Kier molecular flexibility index (Phi) is 5.30. The summed E-state index contributed by atoms with van der Waals surface area (Å²) in [4.78, 5) is 0. The van der Waals surface area contributed by atoms with Gasteiger partial charge in [0.2, 0.25) is 0 Å². The van der Waals surface area contributed by atoms with Crippen molar-refractivity contribution in [3.63, 3.8) is 0 Å².